The van der Waals surface area contributed by atoms with Gasteiger partial charge in [-0.15, -0.1) is 0 Å². The Kier molecular flexibility index (Phi) is 5.42. The van der Waals surface area contributed by atoms with Gasteiger partial charge in [-0.05, 0) is 0 Å². The van der Waals surface area contributed by atoms with Crippen LogP contribution in [0.3, 0.4) is 0 Å². The highest BCUT2D eigenvalue weighted by atomic mass is 32.2. The van der Waals surface area contributed by atoms with Crippen molar-refractivity contribution < 1.29 is 9.59 Å². The van der Waals surface area contributed by atoms with Gasteiger partial charge in [-0.3, -0.25) is 14.3 Å². The third kappa shape index (κ3) is 4.53. The quantitative estimate of drug-likeness (QED) is 0.639. The van der Waals surface area contributed by atoms with Crippen molar-refractivity contribution in [3.63, 3.8) is 0 Å². The molecule has 3 N–H and O–H groups in total. The standard InChI is InChI=1S/C12H19N5O2S/c1-17-7-9(5-16-17)4-14-11(18)6-15-12(19)10-8-20-3-2-13-10/h5,7,10,13H,2-4,6,8H2,1H3,(H,14,18)(H,15,19). The smallest absolute Gasteiger partial charge is 0.239 e. The van der Waals surface area contributed by atoms with Gasteiger partial charge in [0.2, 0.25) is 11.8 Å². The molecule has 8 heteroatoms. The number of nitrogens with zero attached hydrogens (tertiary/aromatic N) is 2. The minimum Gasteiger partial charge on any atom is -0.350 e. The number of nitrogens with one attached hydrogen (secondary N) is 3. The first kappa shape index (κ1) is 14.9. The molecule has 110 valence electrons. The predicted octanol–water partition coefficient (Wildman–Crippen LogP) is -1.14. The van der Waals surface area contributed by atoms with Crippen LogP contribution in [0.4, 0.5) is 0 Å². The third-order valence-corrected chi connectivity index (χ3v) is 3.97. The number of carbonyl (C=O) groups is 2. The zero-order chi connectivity index (χ0) is 14.4. The van der Waals surface area contributed by atoms with Crippen molar-refractivity contribution >= 4 is 23.6 Å². The van der Waals surface area contributed by atoms with Crippen molar-refractivity contribution in [2.75, 3.05) is 24.6 Å². The predicted molar refractivity (Wildman–Crippen MR) is 77.2 cm³/mol. The van der Waals surface area contributed by atoms with Crippen molar-refractivity contribution in [2.24, 2.45) is 7.05 Å². The SMILES string of the molecule is Cn1cc(CNC(=O)CNC(=O)C2CSCCN2)cn1. The lowest BCUT2D eigenvalue weighted by Gasteiger charge is -2.22. The molecule has 0 aliphatic carbocycles. The van der Waals surface area contributed by atoms with Gasteiger partial charge in [0, 0.05) is 43.4 Å². The second-order valence-electron chi connectivity index (χ2n) is 4.60. The molecule has 0 saturated carbocycles. The van der Waals surface area contributed by atoms with E-state index in [1.807, 2.05) is 13.2 Å². The highest BCUT2D eigenvalue weighted by molar-refractivity contribution is 7.99. The summed E-state index contributed by atoms with van der Waals surface area (Å²) in [7, 11) is 1.82. The molecule has 2 heterocycles. The van der Waals surface area contributed by atoms with E-state index < -0.39 is 0 Å². The largest absolute Gasteiger partial charge is 0.350 e. The molecule has 0 bridgehead atoms. The maximum Gasteiger partial charge on any atom is 0.239 e. The van der Waals surface area contributed by atoms with Gasteiger partial charge in [0.1, 0.15) is 0 Å². The molecule has 1 aromatic rings. The molecule has 2 amide bonds. The van der Waals surface area contributed by atoms with Crippen LogP contribution in [0.5, 0.6) is 0 Å². The highest BCUT2D eigenvalue weighted by Gasteiger charge is 2.20. The van der Waals surface area contributed by atoms with Crippen LogP contribution in [-0.2, 0) is 23.2 Å². The fraction of sp³-hybridized carbons (Fsp3) is 0.583. The van der Waals surface area contributed by atoms with E-state index in [4.69, 9.17) is 0 Å². The summed E-state index contributed by atoms with van der Waals surface area (Å²) < 4.78 is 1.68. The van der Waals surface area contributed by atoms with Gasteiger partial charge >= 0.3 is 0 Å². The summed E-state index contributed by atoms with van der Waals surface area (Å²) in [4.78, 5) is 23.4. The maximum atomic E-state index is 11.8. The van der Waals surface area contributed by atoms with Gasteiger partial charge in [-0.25, -0.2) is 0 Å². The number of thioether (sulfide) groups is 1. The van der Waals surface area contributed by atoms with Crippen LogP contribution in [-0.4, -0.2) is 52.2 Å². The van der Waals surface area contributed by atoms with Crippen LogP contribution in [0.1, 0.15) is 5.56 Å². The fourth-order valence-electron chi connectivity index (χ4n) is 1.85. The number of hydrogen-bond donors (Lipinski definition) is 3. The number of aryl methyl sites for hydroxylation is 1. The first-order valence-electron chi connectivity index (χ1n) is 6.48. The highest BCUT2D eigenvalue weighted by Crippen LogP contribution is 2.07. The molecule has 1 aliphatic rings. The average Bonchev–Trinajstić information content (AvgIpc) is 2.89. The van der Waals surface area contributed by atoms with E-state index in [-0.39, 0.29) is 24.4 Å². The lowest BCUT2D eigenvalue weighted by Crippen LogP contribution is -2.50. The monoisotopic (exact) mass is 297 g/mol. The molecule has 1 unspecified atom stereocenters. The summed E-state index contributed by atoms with van der Waals surface area (Å²) in [6, 6.07) is -0.195. The zero-order valence-corrected chi connectivity index (χ0v) is 12.2. The normalized spacial score (nSPS) is 18.6. The van der Waals surface area contributed by atoms with Crippen molar-refractivity contribution in [3.8, 4) is 0 Å². The van der Waals surface area contributed by atoms with Crippen LogP contribution >= 0.6 is 11.8 Å². The van der Waals surface area contributed by atoms with Gasteiger partial charge in [0.25, 0.3) is 0 Å². The van der Waals surface area contributed by atoms with Crippen LogP contribution in [0.25, 0.3) is 0 Å². The maximum absolute atomic E-state index is 11.8. The van der Waals surface area contributed by atoms with Crippen molar-refractivity contribution in [1.29, 1.82) is 0 Å². The summed E-state index contributed by atoms with van der Waals surface area (Å²) in [5.74, 6) is 1.46. The molecule has 1 aliphatic heterocycles. The molecule has 0 radical (unpaired) electrons. The molecular weight excluding hydrogens is 278 g/mol. The Labute approximate surface area is 121 Å². The molecule has 1 aromatic heterocycles. The first-order valence-corrected chi connectivity index (χ1v) is 7.63. The molecule has 1 saturated heterocycles. The molecule has 1 fully saturated rings. The van der Waals surface area contributed by atoms with Crippen molar-refractivity contribution in [2.45, 2.75) is 12.6 Å². The van der Waals surface area contributed by atoms with E-state index in [0.29, 0.717) is 6.54 Å². The first-order chi connectivity index (χ1) is 9.65. The summed E-state index contributed by atoms with van der Waals surface area (Å²) in [5.41, 5.74) is 0.928. The Morgan fingerprint density at radius 1 is 1.55 bits per heavy atom. The zero-order valence-electron chi connectivity index (χ0n) is 11.4. The number of aromatic nitrogens is 2. The van der Waals surface area contributed by atoms with E-state index in [9.17, 15) is 9.59 Å². The Bertz CT molecular complexity index is 470. The molecule has 1 atom stereocenters. The Balaban J connectivity index is 1.65. The topological polar surface area (TPSA) is 88.0 Å². The Morgan fingerprint density at radius 3 is 3.05 bits per heavy atom. The molecule has 20 heavy (non-hydrogen) atoms. The van der Waals surface area contributed by atoms with E-state index >= 15 is 0 Å². The summed E-state index contributed by atoms with van der Waals surface area (Å²) in [5, 5.41) is 12.5. The van der Waals surface area contributed by atoms with Gasteiger partial charge in [0.05, 0.1) is 18.8 Å². The fourth-order valence-corrected chi connectivity index (χ4v) is 2.78. The number of carbonyl (C=O) groups excluding carboxylic acids is 2. The lowest BCUT2D eigenvalue weighted by atomic mass is 10.3. The molecule has 0 aromatic carbocycles. The lowest BCUT2D eigenvalue weighted by molar-refractivity contribution is -0.127. The summed E-state index contributed by atoms with van der Waals surface area (Å²) in [6.07, 6.45) is 3.53. The summed E-state index contributed by atoms with van der Waals surface area (Å²) in [6.45, 7) is 1.25. The van der Waals surface area contributed by atoms with Crippen LogP contribution in [0.2, 0.25) is 0 Å². The van der Waals surface area contributed by atoms with Gasteiger partial charge in [-0.2, -0.15) is 16.9 Å². The number of amides is 2. The van der Waals surface area contributed by atoms with Crippen LogP contribution < -0.4 is 16.0 Å². The van der Waals surface area contributed by atoms with Gasteiger partial charge in [0.15, 0.2) is 0 Å². The average molecular weight is 297 g/mol. The van der Waals surface area contributed by atoms with Crippen LogP contribution in [0.15, 0.2) is 12.4 Å². The van der Waals surface area contributed by atoms with Crippen LogP contribution in [0, 0.1) is 0 Å². The Morgan fingerprint density at radius 2 is 2.40 bits per heavy atom. The molecule has 0 spiro atoms. The van der Waals surface area contributed by atoms with E-state index in [1.54, 1.807) is 22.6 Å². The minimum atomic E-state index is -0.203. The second kappa shape index (κ2) is 7.30. The van der Waals surface area contributed by atoms with Gasteiger partial charge < -0.3 is 16.0 Å². The second-order valence-corrected chi connectivity index (χ2v) is 5.75. The molecule has 2 rings (SSSR count). The Hall–Kier alpha value is -1.54. The number of rotatable bonds is 5. The summed E-state index contributed by atoms with van der Waals surface area (Å²) >= 11 is 1.74. The molecule has 7 nitrogen and oxygen atoms in total. The third-order valence-electron chi connectivity index (χ3n) is 2.91. The van der Waals surface area contributed by atoms with Crippen molar-refractivity contribution in [1.82, 2.24) is 25.7 Å². The van der Waals surface area contributed by atoms with E-state index in [2.05, 4.69) is 21.0 Å². The number of hydrogen-bond acceptors (Lipinski definition) is 5. The van der Waals surface area contributed by atoms with E-state index in [0.717, 1.165) is 23.6 Å². The van der Waals surface area contributed by atoms with Crippen molar-refractivity contribution in [3.05, 3.63) is 18.0 Å². The molecular formula is C12H19N5O2S. The van der Waals surface area contributed by atoms with E-state index in [1.165, 1.54) is 0 Å². The van der Waals surface area contributed by atoms with Gasteiger partial charge in [-0.1, -0.05) is 0 Å². The minimum absolute atomic E-state index is 0.00193.